The Morgan fingerprint density at radius 1 is 1.44 bits per heavy atom. The van der Waals surface area contributed by atoms with Gasteiger partial charge >= 0.3 is 12.1 Å². The zero-order valence-electron chi connectivity index (χ0n) is 9.88. The van der Waals surface area contributed by atoms with Gasteiger partial charge in [-0.25, -0.2) is 4.98 Å². The number of nitrogens with one attached hydrogen (secondary N) is 1. The van der Waals surface area contributed by atoms with Crippen LogP contribution in [-0.4, -0.2) is 22.6 Å². The van der Waals surface area contributed by atoms with Crippen molar-refractivity contribution in [2.45, 2.75) is 20.0 Å². The number of halogens is 3. The zero-order valence-corrected chi connectivity index (χ0v) is 9.88. The van der Waals surface area contributed by atoms with Crippen molar-refractivity contribution >= 4 is 11.8 Å². The Kier molecular flexibility index (Phi) is 3.83. The molecule has 0 saturated heterocycles. The largest absolute Gasteiger partial charge is 0.481 e. The van der Waals surface area contributed by atoms with Crippen molar-refractivity contribution < 1.29 is 23.1 Å². The maximum atomic E-state index is 12.6. The van der Waals surface area contributed by atoms with Crippen LogP contribution in [0.5, 0.6) is 0 Å². The van der Waals surface area contributed by atoms with E-state index in [0.29, 0.717) is 0 Å². The predicted molar refractivity (Wildman–Crippen MR) is 59.1 cm³/mol. The van der Waals surface area contributed by atoms with Crippen molar-refractivity contribution in [3.05, 3.63) is 23.9 Å². The number of carboxylic acids is 1. The first-order valence-electron chi connectivity index (χ1n) is 5.14. The topological polar surface area (TPSA) is 62.2 Å². The minimum Gasteiger partial charge on any atom is -0.481 e. The minimum absolute atomic E-state index is 0.150. The van der Waals surface area contributed by atoms with Crippen LogP contribution in [0.25, 0.3) is 0 Å². The SMILES string of the molecule is CC(C)(CNc1ncccc1C(F)(F)F)C(=O)O. The van der Waals surface area contributed by atoms with Gasteiger partial charge in [-0.05, 0) is 26.0 Å². The van der Waals surface area contributed by atoms with E-state index in [-0.39, 0.29) is 12.4 Å². The molecule has 0 radical (unpaired) electrons. The lowest BCUT2D eigenvalue weighted by Gasteiger charge is -2.21. The van der Waals surface area contributed by atoms with E-state index in [9.17, 15) is 18.0 Å². The number of rotatable bonds is 4. The van der Waals surface area contributed by atoms with Crippen molar-refractivity contribution in [1.82, 2.24) is 4.98 Å². The normalized spacial score (nSPS) is 12.3. The van der Waals surface area contributed by atoms with Gasteiger partial charge in [0.15, 0.2) is 0 Å². The Morgan fingerprint density at radius 3 is 2.56 bits per heavy atom. The Labute approximate surface area is 102 Å². The molecule has 0 aromatic carbocycles. The Hall–Kier alpha value is -1.79. The molecule has 0 aliphatic rings. The second kappa shape index (κ2) is 4.83. The van der Waals surface area contributed by atoms with E-state index in [0.717, 1.165) is 6.07 Å². The fourth-order valence-corrected chi connectivity index (χ4v) is 1.16. The van der Waals surface area contributed by atoms with Crippen molar-refractivity contribution in [2.75, 3.05) is 11.9 Å². The van der Waals surface area contributed by atoms with Crippen LogP contribution in [0.15, 0.2) is 18.3 Å². The molecule has 0 amide bonds. The van der Waals surface area contributed by atoms with Crippen LogP contribution in [0.4, 0.5) is 19.0 Å². The van der Waals surface area contributed by atoms with Gasteiger partial charge in [0, 0.05) is 12.7 Å². The third-order valence-electron chi connectivity index (χ3n) is 2.39. The molecule has 18 heavy (non-hydrogen) atoms. The molecule has 0 unspecified atom stereocenters. The number of pyridine rings is 1. The van der Waals surface area contributed by atoms with Crippen LogP contribution in [0.2, 0.25) is 0 Å². The standard InChI is InChI=1S/C11H13F3N2O2/c1-10(2,9(17)18)6-16-8-7(11(12,13)14)4-3-5-15-8/h3-5H,6H2,1-2H3,(H,15,16)(H,17,18). The highest BCUT2D eigenvalue weighted by molar-refractivity contribution is 5.74. The molecule has 0 aliphatic carbocycles. The summed E-state index contributed by atoms with van der Waals surface area (Å²) >= 11 is 0. The first-order valence-corrected chi connectivity index (χ1v) is 5.14. The first kappa shape index (κ1) is 14.3. The molecule has 0 bridgehead atoms. The molecule has 4 nitrogen and oxygen atoms in total. The minimum atomic E-state index is -4.52. The summed E-state index contributed by atoms with van der Waals surface area (Å²) in [6.07, 6.45) is -3.31. The summed E-state index contributed by atoms with van der Waals surface area (Å²) in [5, 5.41) is 11.3. The first-order chi connectivity index (χ1) is 8.14. The number of hydrogen-bond acceptors (Lipinski definition) is 3. The number of aromatic nitrogens is 1. The van der Waals surface area contributed by atoms with E-state index in [4.69, 9.17) is 5.11 Å². The molecule has 0 atom stereocenters. The molecule has 0 spiro atoms. The van der Waals surface area contributed by atoms with Gasteiger partial charge in [-0.3, -0.25) is 4.79 Å². The fraction of sp³-hybridized carbons (Fsp3) is 0.455. The van der Waals surface area contributed by atoms with Crippen molar-refractivity contribution in [3.8, 4) is 0 Å². The van der Waals surface area contributed by atoms with Gasteiger partial charge in [0.1, 0.15) is 5.82 Å². The quantitative estimate of drug-likeness (QED) is 0.875. The Morgan fingerprint density at radius 2 is 2.06 bits per heavy atom. The Bertz CT molecular complexity index is 444. The summed E-state index contributed by atoms with van der Waals surface area (Å²) in [5.74, 6) is -1.46. The Balaban J connectivity index is 2.90. The van der Waals surface area contributed by atoms with Crippen LogP contribution < -0.4 is 5.32 Å². The molecule has 1 rings (SSSR count). The number of alkyl halides is 3. The van der Waals surface area contributed by atoms with Gasteiger partial charge in [-0.15, -0.1) is 0 Å². The second-order valence-corrected chi connectivity index (χ2v) is 4.44. The van der Waals surface area contributed by atoms with E-state index < -0.39 is 23.1 Å². The molecular weight excluding hydrogens is 249 g/mol. The molecule has 100 valence electrons. The molecule has 0 saturated carbocycles. The average Bonchev–Trinajstić information content (AvgIpc) is 2.25. The van der Waals surface area contributed by atoms with Crippen LogP contribution >= 0.6 is 0 Å². The monoisotopic (exact) mass is 262 g/mol. The summed E-state index contributed by atoms with van der Waals surface area (Å²) in [6.45, 7) is 2.68. The van der Waals surface area contributed by atoms with E-state index in [2.05, 4.69) is 10.3 Å². The predicted octanol–water partition coefficient (Wildman–Crippen LogP) is 2.62. The number of carboxylic acid groups (broad SMARTS) is 1. The van der Waals surface area contributed by atoms with Crippen LogP contribution in [-0.2, 0) is 11.0 Å². The van der Waals surface area contributed by atoms with E-state index in [1.165, 1.54) is 26.1 Å². The number of carbonyl (C=O) groups is 1. The summed E-state index contributed by atoms with van der Waals surface area (Å²) in [4.78, 5) is 14.4. The van der Waals surface area contributed by atoms with Crippen LogP contribution in [0, 0.1) is 5.41 Å². The highest BCUT2D eigenvalue weighted by atomic mass is 19.4. The molecule has 0 fully saturated rings. The molecular formula is C11H13F3N2O2. The lowest BCUT2D eigenvalue weighted by atomic mass is 9.94. The lowest BCUT2D eigenvalue weighted by Crippen LogP contribution is -2.32. The zero-order chi connectivity index (χ0) is 14.0. The van der Waals surface area contributed by atoms with Gasteiger partial charge < -0.3 is 10.4 Å². The number of nitrogens with zero attached hydrogens (tertiary/aromatic N) is 1. The van der Waals surface area contributed by atoms with E-state index in [1.807, 2.05) is 0 Å². The van der Waals surface area contributed by atoms with Gasteiger partial charge in [0.2, 0.25) is 0 Å². The molecule has 1 heterocycles. The van der Waals surface area contributed by atoms with Crippen LogP contribution in [0.3, 0.4) is 0 Å². The highest BCUT2D eigenvalue weighted by Crippen LogP contribution is 2.33. The van der Waals surface area contributed by atoms with Crippen molar-refractivity contribution in [3.63, 3.8) is 0 Å². The average molecular weight is 262 g/mol. The van der Waals surface area contributed by atoms with E-state index in [1.54, 1.807) is 0 Å². The van der Waals surface area contributed by atoms with Crippen LogP contribution in [0.1, 0.15) is 19.4 Å². The lowest BCUT2D eigenvalue weighted by molar-refractivity contribution is -0.146. The molecule has 0 aliphatic heterocycles. The second-order valence-electron chi connectivity index (χ2n) is 4.44. The number of hydrogen-bond donors (Lipinski definition) is 2. The van der Waals surface area contributed by atoms with Gasteiger partial charge in [-0.2, -0.15) is 13.2 Å². The maximum Gasteiger partial charge on any atom is 0.419 e. The summed E-state index contributed by atoms with van der Waals surface area (Å²) in [7, 11) is 0. The molecule has 1 aromatic heterocycles. The summed E-state index contributed by atoms with van der Waals surface area (Å²) < 4.78 is 37.9. The fourth-order valence-electron chi connectivity index (χ4n) is 1.16. The van der Waals surface area contributed by atoms with Gasteiger partial charge in [0.25, 0.3) is 0 Å². The van der Waals surface area contributed by atoms with E-state index >= 15 is 0 Å². The smallest absolute Gasteiger partial charge is 0.419 e. The molecule has 7 heteroatoms. The number of aliphatic carboxylic acids is 1. The third kappa shape index (κ3) is 3.35. The number of anilines is 1. The third-order valence-corrected chi connectivity index (χ3v) is 2.39. The van der Waals surface area contributed by atoms with Crippen molar-refractivity contribution in [1.29, 1.82) is 0 Å². The summed E-state index contributed by atoms with van der Waals surface area (Å²) in [6, 6.07) is 2.07. The van der Waals surface area contributed by atoms with Crippen molar-refractivity contribution in [2.24, 2.45) is 5.41 Å². The maximum absolute atomic E-state index is 12.6. The highest BCUT2D eigenvalue weighted by Gasteiger charge is 2.35. The molecule has 2 N–H and O–H groups in total. The summed E-state index contributed by atoms with van der Waals surface area (Å²) in [5.41, 5.74) is -2.09. The van der Waals surface area contributed by atoms with Gasteiger partial charge in [0.05, 0.1) is 11.0 Å². The van der Waals surface area contributed by atoms with Gasteiger partial charge in [-0.1, -0.05) is 0 Å². The molecule has 1 aromatic rings.